The highest BCUT2D eigenvalue weighted by atomic mass is 35.5. The standard InChI is InChI=1S/C7H12ClN3OS/c1-11(3-6(8)4-12-2)7-9-5-10-13-7/h5-6H,3-4H2,1-2H3. The van der Waals surface area contributed by atoms with Crippen LogP contribution in [0, 0.1) is 0 Å². The molecule has 74 valence electrons. The molecule has 1 aromatic heterocycles. The molecule has 0 aromatic carbocycles. The normalized spacial score (nSPS) is 12.8. The Balaban J connectivity index is 2.37. The van der Waals surface area contributed by atoms with Crippen molar-refractivity contribution in [3.63, 3.8) is 0 Å². The smallest absolute Gasteiger partial charge is 0.204 e. The summed E-state index contributed by atoms with van der Waals surface area (Å²) in [6.45, 7) is 1.26. The van der Waals surface area contributed by atoms with Gasteiger partial charge < -0.3 is 9.64 Å². The van der Waals surface area contributed by atoms with E-state index in [0.717, 1.165) is 5.13 Å². The van der Waals surface area contributed by atoms with Crippen molar-refractivity contribution >= 4 is 28.3 Å². The fourth-order valence-electron chi connectivity index (χ4n) is 0.944. The number of hydrogen-bond donors (Lipinski definition) is 0. The third-order valence-electron chi connectivity index (χ3n) is 1.50. The van der Waals surface area contributed by atoms with Gasteiger partial charge in [0.1, 0.15) is 6.33 Å². The molecule has 0 N–H and O–H groups in total. The van der Waals surface area contributed by atoms with Crippen LogP contribution in [0.3, 0.4) is 0 Å². The minimum Gasteiger partial charge on any atom is -0.383 e. The van der Waals surface area contributed by atoms with Crippen LogP contribution >= 0.6 is 23.1 Å². The summed E-state index contributed by atoms with van der Waals surface area (Å²) in [6.07, 6.45) is 1.54. The Hall–Kier alpha value is -0.390. The molecule has 0 saturated carbocycles. The number of methoxy groups -OCH3 is 1. The molecule has 0 aliphatic carbocycles. The molecule has 1 unspecified atom stereocenters. The summed E-state index contributed by atoms with van der Waals surface area (Å²) >= 11 is 7.34. The third kappa shape index (κ3) is 3.46. The van der Waals surface area contributed by atoms with Crippen molar-refractivity contribution in [2.45, 2.75) is 5.38 Å². The van der Waals surface area contributed by atoms with Crippen LogP contribution in [-0.4, -0.2) is 42.0 Å². The molecule has 1 atom stereocenters. The first kappa shape index (κ1) is 10.7. The van der Waals surface area contributed by atoms with Crippen molar-refractivity contribution in [3.05, 3.63) is 6.33 Å². The number of alkyl halides is 1. The minimum absolute atomic E-state index is 0.0149. The number of ether oxygens (including phenoxy) is 1. The van der Waals surface area contributed by atoms with Gasteiger partial charge in [-0.1, -0.05) is 0 Å². The van der Waals surface area contributed by atoms with E-state index in [4.69, 9.17) is 16.3 Å². The van der Waals surface area contributed by atoms with Crippen molar-refractivity contribution in [3.8, 4) is 0 Å². The van der Waals surface area contributed by atoms with Crippen LogP contribution in [0.1, 0.15) is 0 Å². The lowest BCUT2D eigenvalue weighted by Crippen LogP contribution is -2.28. The van der Waals surface area contributed by atoms with Gasteiger partial charge in [0.15, 0.2) is 0 Å². The van der Waals surface area contributed by atoms with Gasteiger partial charge in [0.25, 0.3) is 0 Å². The second kappa shape index (κ2) is 5.36. The number of hydrogen-bond acceptors (Lipinski definition) is 5. The zero-order chi connectivity index (χ0) is 9.68. The van der Waals surface area contributed by atoms with Crippen LogP contribution in [0.25, 0.3) is 0 Å². The summed E-state index contributed by atoms with van der Waals surface area (Å²) in [5.41, 5.74) is 0. The van der Waals surface area contributed by atoms with Gasteiger partial charge in [0.2, 0.25) is 5.13 Å². The molecule has 0 radical (unpaired) electrons. The Labute approximate surface area is 86.7 Å². The predicted molar refractivity (Wildman–Crippen MR) is 54.7 cm³/mol. The summed E-state index contributed by atoms with van der Waals surface area (Å²) in [7, 11) is 3.58. The molecule has 1 rings (SSSR count). The minimum atomic E-state index is -0.0149. The lowest BCUT2D eigenvalue weighted by atomic mass is 10.4. The average Bonchev–Trinajstić information content (AvgIpc) is 2.55. The number of anilines is 1. The highest BCUT2D eigenvalue weighted by Gasteiger charge is 2.10. The molecular formula is C7H12ClN3OS. The Bertz CT molecular complexity index is 232. The molecule has 6 heteroatoms. The van der Waals surface area contributed by atoms with E-state index in [1.165, 1.54) is 17.9 Å². The number of halogens is 1. The van der Waals surface area contributed by atoms with Gasteiger partial charge in [0.05, 0.1) is 12.0 Å². The van der Waals surface area contributed by atoms with Gasteiger partial charge in [-0.05, 0) is 0 Å². The largest absolute Gasteiger partial charge is 0.383 e. The molecule has 0 spiro atoms. The van der Waals surface area contributed by atoms with E-state index in [2.05, 4.69) is 9.36 Å². The molecule has 0 fully saturated rings. The number of rotatable bonds is 5. The van der Waals surface area contributed by atoms with Crippen LogP contribution in [0.5, 0.6) is 0 Å². The van der Waals surface area contributed by atoms with E-state index in [0.29, 0.717) is 13.2 Å². The molecule has 4 nitrogen and oxygen atoms in total. The SMILES string of the molecule is COCC(Cl)CN(C)c1ncns1. The maximum absolute atomic E-state index is 5.98. The van der Waals surface area contributed by atoms with E-state index < -0.39 is 0 Å². The van der Waals surface area contributed by atoms with Crippen molar-refractivity contribution in [2.75, 3.05) is 32.2 Å². The maximum atomic E-state index is 5.98. The van der Waals surface area contributed by atoms with E-state index in [1.54, 1.807) is 7.11 Å². The second-order valence-corrected chi connectivity index (χ2v) is 4.03. The van der Waals surface area contributed by atoms with E-state index in [9.17, 15) is 0 Å². The first-order chi connectivity index (χ1) is 6.24. The summed E-state index contributed by atoms with van der Waals surface area (Å²) in [6, 6.07) is 0. The van der Waals surface area contributed by atoms with Crippen LogP contribution in [0.4, 0.5) is 5.13 Å². The van der Waals surface area contributed by atoms with Crippen LogP contribution in [-0.2, 0) is 4.74 Å². The average molecular weight is 222 g/mol. The van der Waals surface area contributed by atoms with Gasteiger partial charge in [0, 0.05) is 32.2 Å². The second-order valence-electron chi connectivity index (χ2n) is 2.66. The molecular weight excluding hydrogens is 210 g/mol. The van der Waals surface area contributed by atoms with Crippen LogP contribution in [0.15, 0.2) is 6.33 Å². The molecule has 0 bridgehead atoms. The predicted octanol–water partition coefficient (Wildman–Crippen LogP) is 1.23. The highest BCUT2D eigenvalue weighted by Crippen LogP contribution is 2.13. The van der Waals surface area contributed by atoms with Crippen molar-refractivity contribution in [1.29, 1.82) is 0 Å². The Morgan fingerprint density at radius 3 is 3.08 bits per heavy atom. The molecule has 13 heavy (non-hydrogen) atoms. The van der Waals surface area contributed by atoms with Crippen LogP contribution < -0.4 is 4.90 Å². The molecule has 0 saturated heterocycles. The van der Waals surface area contributed by atoms with E-state index in [-0.39, 0.29) is 5.38 Å². The van der Waals surface area contributed by atoms with E-state index in [1.807, 2.05) is 11.9 Å². The van der Waals surface area contributed by atoms with Gasteiger partial charge in [-0.3, -0.25) is 0 Å². The molecule has 0 amide bonds. The Morgan fingerprint density at radius 2 is 2.54 bits per heavy atom. The van der Waals surface area contributed by atoms with Gasteiger partial charge in [-0.15, -0.1) is 11.6 Å². The maximum Gasteiger partial charge on any atom is 0.204 e. The first-order valence-electron chi connectivity index (χ1n) is 3.85. The summed E-state index contributed by atoms with van der Waals surface area (Å²) in [5.74, 6) is 0. The lowest BCUT2D eigenvalue weighted by molar-refractivity contribution is 0.199. The summed E-state index contributed by atoms with van der Waals surface area (Å²) in [5, 5.41) is 0.862. The highest BCUT2D eigenvalue weighted by molar-refractivity contribution is 7.09. The first-order valence-corrected chi connectivity index (χ1v) is 5.06. The number of nitrogens with zero attached hydrogens (tertiary/aromatic N) is 3. The molecule has 0 aliphatic heterocycles. The van der Waals surface area contributed by atoms with Gasteiger partial charge in [-0.2, -0.15) is 4.37 Å². The fraction of sp³-hybridized carbons (Fsp3) is 0.714. The monoisotopic (exact) mass is 221 g/mol. The summed E-state index contributed by atoms with van der Waals surface area (Å²) < 4.78 is 8.84. The Kier molecular flexibility index (Phi) is 4.41. The topological polar surface area (TPSA) is 38.2 Å². The molecule has 1 aromatic rings. The Morgan fingerprint density at radius 1 is 1.77 bits per heavy atom. The summed E-state index contributed by atoms with van der Waals surface area (Å²) in [4.78, 5) is 6.03. The molecule has 0 aliphatic rings. The van der Waals surface area contributed by atoms with Crippen molar-refractivity contribution in [1.82, 2.24) is 9.36 Å². The lowest BCUT2D eigenvalue weighted by Gasteiger charge is -2.18. The van der Waals surface area contributed by atoms with Gasteiger partial charge in [-0.25, -0.2) is 4.98 Å². The third-order valence-corrected chi connectivity index (χ3v) is 2.54. The fourth-order valence-corrected chi connectivity index (χ4v) is 1.77. The zero-order valence-electron chi connectivity index (χ0n) is 7.61. The quantitative estimate of drug-likeness (QED) is 0.701. The molecule has 1 heterocycles. The van der Waals surface area contributed by atoms with Crippen molar-refractivity contribution < 1.29 is 4.74 Å². The van der Waals surface area contributed by atoms with E-state index >= 15 is 0 Å². The number of aromatic nitrogens is 2. The zero-order valence-corrected chi connectivity index (χ0v) is 9.18. The van der Waals surface area contributed by atoms with Gasteiger partial charge >= 0.3 is 0 Å². The van der Waals surface area contributed by atoms with Crippen molar-refractivity contribution in [2.24, 2.45) is 0 Å². The van der Waals surface area contributed by atoms with Crippen LogP contribution in [0.2, 0.25) is 0 Å².